The number of hydrogen-bond donors (Lipinski definition) is 1. The van der Waals surface area contributed by atoms with Gasteiger partial charge in [-0.2, -0.15) is 5.10 Å². The Labute approximate surface area is 97.9 Å². The second-order valence-corrected chi connectivity index (χ2v) is 4.11. The number of hydrogen-bond acceptors (Lipinski definition) is 3. The minimum Gasteiger partial charge on any atom is -0.395 e. The Balaban J connectivity index is 2.34. The van der Waals surface area contributed by atoms with Crippen LogP contribution in [0.15, 0.2) is 12.3 Å². The summed E-state index contributed by atoms with van der Waals surface area (Å²) in [5.74, 6) is 0. The Morgan fingerprint density at radius 1 is 1.38 bits per heavy atom. The fourth-order valence-corrected chi connectivity index (χ4v) is 1.78. The third-order valence-electron chi connectivity index (χ3n) is 2.85. The number of aromatic nitrogens is 2. The van der Waals surface area contributed by atoms with Gasteiger partial charge >= 0.3 is 0 Å². The Bertz CT molecular complexity index is 286. The summed E-state index contributed by atoms with van der Waals surface area (Å²) in [4.78, 5) is 2.32. The number of rotatable bonds is 8. The van der Waals surface area contributed by atoms with Crippen molar-refractivity contribution in [1.29, 1.82) is 0 Å². The lowest BCUT2D eigenvalue weighted by Crippen LogP contribution is -2.30. The summed E-state index contributed by atoms with van der Waals surface area (Å²) >= 11 is 0. The van der Waals surface area contributed by atoms with Gasteiger partial charge in [-0.25, -0.2) is 0 Å². The average Bonchev–Trinajstić information content (AvgIpc) is 2.68. The average molecular weight is 225 g/mol. The highest BCUT2D eigenvalue weighted by Crippen LogP contribution is 2.01. The highest BCUT2D eigenvalue weighted by Gasteiger charge is 2.05. The van der Waals surface area contributed by atoms with Crippen LogP contribution in [0.2, 0.25) is 0 Å². The van der Waals surface area contributed by atoms with E-state index >= 15 is 0 Å². The normalized spacial score (nSPS) is 11.2. The van der Waals surface area contributed by atoms with Gasteiger partial charge in [0.05, 0.1) is 6.61 Å². The van der Waals surface area contributed by atoms with Crippen molar-refractivity contribution >= 4 is 0 Å². The number of unbranched alkanes of at least 4 members (excludes halogenated alkanes) is 1. The second-order valence-electron chi connectivity index (χ2n) is 4.11. The lowest BCUT2D eigenvalue weighted by molar-refractivity contribution is 0.194. The Morgan fingerprint density at radius 2 is 2.19 bits per heavy atom. The van der Waals surface area contributed by atoms with Gasteiger partial charge in [-0.15, -0.1) is 0 Å². The first-order valence-corrected chi connectivity index (χ1v) is 6.08. The zero-order valence-electron chi connectivity index (χ0n) is 10.4. The van der Waals surface area contributed by atoms with E-state index < -0.39 is 0 Å². The lowest BCUT2D eigenvalue weighted by Gasteiger charge is -2.20. The maximum atomic E-state index is 8.99. The van der Waals surface area contributed by atoms with Crippen LogP contribution in [0.3, 0.4) is 0 Å². The quantitative estimate of drug-likeness (QED) is 0.719. The highest BCUT2D eigenvalue weighted by molar-refractivity contribution is 5.00. The minimum absolute atomic E-state index is 0.245. The van der Waals surface area contributed by atoms with E-state index in [0.717, 1.165) is 26.1 Å². The first-order valence-electron chi connectivity index (χ1n) is 6.08. The van der Waals surface area contributed by atoms with Crippen LogP contribution in [0.5, 0.6) is 0 Å². The monoisotopic (exact) mass is 225 g/mol. The molecule has 0 bridgehead atoms. The lowest BCUT2D eigenvalue weighted by atomic mass is 10.2. The maximum Gasteiger partial charge on any atom is 0.0558 e. The molecule has 0 fully saturated rings. The van der Waals surface area contributed by atoms with Crippen LogP contribution in [-0.4, -0.2) is 46.0 Å². The third kappa shape index (κ3) is 4.33. The Hall–Kier alpha value is -0.870. The molecule has 0 aliphatic carbocycles. The van der Waals surface area contributed by atoms with E-state index in [1.54, 1.807) is 0 Å². The Morgan fingerprint density at radius 3 is 2.75 bits per heavy atom. The molecule has 0 spiro atoms. The summed E-state index contributed by atoms with van der Waals surface area (Å²) in [6, 6.07) is 2.05. The van der Waals surface area contributed by atoms with Crippen LogP contribution >= 0.6 is 0 Å². The maximum absolute atomic E-state index is 8.99. The highest BCUT2D eigenvalue weighted by atomic mass is 16.3. The Kier molecular flexibility index (Phi) is 6.11. The van der Waals surface area contributed by atoms with Crippen LogP contribution < -0.4 is 0 Å². The van der Waals surface area contributed by atoms with Gasteiger partial charge in [-0.3, -0.25) is 4.68 Å². The predicted molar refractivity (Wildman–Crippen MR) is 65.3 cm³/mol. The molecule has 1 aromatic heterocycles. The molecule has 0 radical (unpaired) electrons. The number of nitrogens with zero attached hydrogens (tertiary/aromatic N) is 3. The molecule has 0 aromatic carbocycles. The summed E-state index contributed by atoms with van der Waals surface area (Å²) in [5.41, 5.74) is 1.25. The van der Waals surface area contributed by atoms with Crippen molar-refractivity contribution in [3.8, 4) is 0 Å². The van der Waals surface area contributed by atoms with E-state index in [4.69, 9.17) is 5.11 Å². The van der Waals surface area contributed by atoms with Gasteiger partial charge in [0.2, 0.25) is 0 Å². The van der Waals surface area contributed by atoms with Gasteiger partial charge < -0.3 is 10.0 Å². The van der Waals surface area contributed by atoms with E-state index in [1.807, 2.05) is 17.9 Å². The first kappa shape index (κ1) is 13.2. The summed E-state index contributed by atoms with van der Waals surface area (Å²) < 4.78 is 1.91. The number of aliphatic hydroxyl groups excluding tert-OH is 1. The molecule has 0 aliphatic rings. The van der Waals surface area contributed by atoms with Crippen molar-refractivity contribution in [3.63, 3.8) is 0 Å². The molecular weight excluding hydrogens is 202 g/mol. The van der Waals surface area contributed by atoms with Gasteiger partial charge in [0.25, 0.3) is 0 Å². The molecule has 1 rings (SSSR count). The van der Waals surface area contributed by atoms with Crippen molar-refractivity contribution in [2.24, 2.45) is 7.05 Å². The summed E-state index contributed by atoms with van der Waals surface area (Å²) in [7, 11) is 1.97. The van der Waals surface area contributed by atoms with E-state index in [9.17, 15) is 0 Å². The van der Waals surface area contributed by atoms with Gasteiger partial charge in [-0.05, 0) is 19.0 Å². The molecule has 16 heavy (non-hydrogen) atoms. The molecule has 1 heterocycles. The number of aryl methyl sites for hydroxylation is 1. The summed E-state index contributed by atoms with van der Waals surface area (Å²) in [6.45, 7) is 5.29. The molecule has 0 amide bonds. The van der Waals surface area contributed by atoms with E-state index in [-0.39, 0.29) is 6.61 Å². The molecule has 4 nitrogen and oxygen atoms in total. The van der Waals surface area contributed by atoms with Crippen molar-refractivity contribution in [3.05, 3.63) is 18.0 Å². The molecule has 0 saturated heterocycles. The zero-order chi connectivity index (χ0) is 11.8. The SMILES string of the molecule is CCCCN(CCO)CCc1ccnn1C. The molecule has 1 N–H and O–H groups in total. The van der Waals surface area contributed by atoms with Gasteiger partial charge in [0.15, 0.2) is 0 Å². The summed E-state index contributed by atoms with van der Waals surface area (Å²) in [5, 5.41) is 13.1. The molecule has 0 atom stereocenters. The van der Waals surface area contributed by atoms with E-state index in [1.165, 1.54) is 18.5 Å². The molecule has 0 saturated carbocycles. The standard InChI is InChI=1S/C12H23N3O/c1-3-4-8-15(10-11-16)9-6-12-5-7-13-14(12)2/h5,7,16H,3-4,6,8-11H2,1-2H3. The second kappa shape index (κ2) is 7.41. The van der Waals surface area contributed by atoms with Crippen LogP contribution in [0.1, 0.15) is 25.5 Å². The summed E-state index contributed by atoms with van der Waals surface area (Å²) in [6.07, 6.45) is 5.23. The topological polar surface area (TPSA) is 41.3 Å². The van der Waals surface area contributed by atoms with Crippen LogP contribution in [-0.2, 0) is 13.5 Å². The predicted octanol–water partition coefficient (Wildman–Crippen LogP) is 1.06. The van der Waals surface area contributed by atoms with Gasteiger partial charge in [0, 0.05) is 38.4 Å². The van der Waals surface area contributed by atoms with Crippen molar-refractivity contribution in [2.75, 3.05) is 26.2 Å². The molecule has 92 valence electrons. The fraction of sp³-hybridized carbons (Fsp3) is 0.750. The third-order valence-corrected chi connectivity index (χ3v) is 2.85. The van der Waals surface area contributed by atoms with Crippen LogP contribution in [0.4, 0.5) is 0 Å². The zero-order valence-corrected chi connectivity index (χ0v) is 10.4. The minimum atomic E-state index is 0.245. The molecule has 1 aromatic rings. The van der Waals surface area contributed by atoms with Crippen LogP contribution in [0.25, 0.3) is 0 Å². The molecule has 0 aliphatic heterocycles. The van der Waals surface area contributed by atoms with E-state index in [0.29, 0.717) is 0 Å². The van der Waals surface area contributed by atoms with Gasteiger partial charge in [0.1, 0.15) is 0 Å². The van der Waals surface area contributed by atoms with Crippen molar-refractivity contribution in [2.45, 2.75) is 26.2 Å². The smallest absolute Gasteiger partial charge is 0.0558 e. The first-order chi connectivity index (χ1) is 7.77. The fourth-order valence-electron chi connectivity index (χ4n) is 1.78. The van der Waals surface area contributed by atoms with Crippen LogP contribution in [0, 0.1) is 0 Å². The van der Waals surface area contributed by atoms with Crippen molar-refractivity contribution < 1.29 is 5.11 Å². The van der Waals surface area contributed by atoms with Gasteiger partial charge in [-0.1, -0.05) is 13.3 Å². The molecule has 0 unspecified atom stereocenters. The molecule has 4 heteroatoms. The largest absolute Gasteiger partial charge is 0.395 e. The van der Waals surface area contributed by atoms with Crippen molar-refractivity contribution in [1.82, 2.24) is 14.7 Å². The number of aliphatic hydroxyl groups is 1. The molecular formula is C12H23N3O. The van der Waals surface area contributed by atoms with E-state index in [2.05, 4.69) is 23.0 Å².